The first-order valence-electron chi connectivity index (χ1n) is 8.53. The molecule has 1 amide bonds. The van der Waals surface area contributed by atoms with Crippen molar-refractivity contribution in [1.82, 2.24) is 11.1 Å². The smallest absolute Gasteiger partial charge is 0.323 e. The molecule has 0 saturated carbocycles. The van der Waals surface area contributed by atoms with Crippen LogP contribution in [0.2, 0.25) is 0 Å². The zero-order valence-electron chi connectivity index (χ0n) is 14.6. The van der Waals surface area contributed by atoms with E-state index in [0.29, 0.717) is 6.42 Å². The fourth-order valence-corrected chi connectivity index (χ4v) is 2.42. The number of carbonyl (C=O) groups is 2. The molecule has 0 aromatic heterocycles. The lowest BCUT2D eigenvalue weighted by Gasteiger charge is -2.14. The van der Waals surface area contributed by atoms with Crippen LogP contribution in [0.15, 0.2) is 0 Å². The summed E-state index contributed by atoms with van der Waals surface area (Å²) in [6.45, 7) is 2.04. The second kappa shape index (κ2) is 16.3. The van der Waals surface area contributed by atoms with Crippen LogP contribution in [0.25, 0.3) is 0 Å². The summed E-state index contributed by atoms with van der Waals surface area (Å²) in [7, 11) is 1.55. The summed E-state index contributed by atoms with van der Waals surface area (Å²) in [5.41, 5.74) is 0. The van der Waals surface area contributed by atoms with Crippen molar-refractivity contribution in [2.45, 2.75) is 84.0 Å². The van der Waals surface area contributed by atoms with E-state index < -0.39 is 5.97 Å². The van der Waals surface area contributed by atoms with E-state index in [1.165, 1.54) is 62.7 Å². The van der Waals surface area contributed by atoms with Crippen molar-refractivity contribution < 1.29 is 14.7 Å². The molecule has 22 heavy (non-hydrogen) atoms. The predicted octanol–water partition coefficient (Wildman–Crippen LogP) is 4.39. The summed E-state index contributed by atoms with van der Waals surface area (Å²) >= 11 is 0. The van der Waals surface area contributed by atoms with Gasteiger partial charge in [0.15, 0.2) is 0 Å². The minimum atomic E-state index is -0.954. The van der Waals surface area contributed by atoms with E-state index in [0.717, 1.165) is 12.8 Å². The summed E-state index contributed by atoms with van der Waals surface area (Å²) in [6, 6.07) is 0. The maximum Gasteiger partial charge on any atom is 0.323 e. The van der Waals surface area contributed by atoms with E-state index in [-0.39, 0.29) is 18.6 Å². The summed E-state index contributed by atoms with van der Waals surface area (Å²) in [5.74, 6) is -1.02. The first-order chi connectivity index (χ1) is 10.1. The van der Waals surface area contributed by atoms with Gasteiger partial charge < -0.3 is 16.2 Å². The Morgan fingerprint density at radius 1 is 0.818 bits per heavy atom. The van der Waals surface area contributed by atoms with Gasteiger partial charge in [-0.25, -0.2) is 0 Å². The summed E-state index contributed by atoms with van der Waals surface area (Å²) in [6.07, 6.45) is 14.3. The number of unbranched alkanes of at least 4 members (excludes halogenated alkanes) is 10. The van der Waals surface area contributed by atoms with E-state index in [4.69, 9.17) is 5.11 Å². The lowest BCUT2D eigenvalue weighted by atomic mass is 10.1. The monoisotopic (exact) mass is 316 g/mol. The van der Waals surface area contributed by atoms with Crippen molar-refractivity contribution in [3.05, 3.63) is 0 Å². The Bertz CT molecular complexity index is 283. The second-order valence-electron chi connectivity index (χ2n) is 5.93. The summed E-state index contributed by atoms with van der Waals surface area (Å²) in [5, 5.41) is 8.60. The molecule has 0 aliphatic carbocycles. The van der Waals surface area contributed by atoms with Gasteiger partial charge in [0.2, 0.25) is 5.91 Å². The van der Waals surface area contributed by atoms with Gasteiger partial charge in [-0.2, -0.15) is 0 Å². The Hall–Kier alpha value is -1.10. The van der Waals surface area contributed by atoms with Crippen LogP contribution in [0.4, 0.5) is 0 Å². The van der Waals surface area contributed by atoms with Crippen LogP contribution in [0.5, 0.6) is 0 Å². The second-order valence-corrected chi connectivity index (χ2v) is 5.93. The molecule has 0 spiro atoms. The summed E-state index contributed by atoms with van der Waals surface area (Å²) in [4.78, 5) is 23.4. The minimum Gasteiger partial charge on any atom is -0.480 e. The van der Waals surface area contributed by atoms with Gasteiger partial charge in [0.25, 0.3) is 0 Å². The first kappa shape index (κ1) is 23.2. The van der Waals surface area contributed by atoms with Gasteiger partial charge in [-0.15, -0.1) is 0 Å². The average Bonchev–Trinajstić information content (AvgIpc) is 2.43. The van der Waals surface area contributed by atoms with Crippen molar-refractivity contribution in [1.29, 1.82) is 0 Å². The number of carboxylic acid groups (broad SMARTS) is 1. The molecule has 0 aliphatic rings. The molecule has 0 unspecified atom stereocenters. The summed E-state index contributed by atoms with van der Waals surface area (Å²) < 4.78 is 0. The van der Waals surface area contributed by atoms with Gasteiger partial charge in [-0.3, -0.25) is 9.59 Å². The highest BCUT2D eigenvalue weighted by Crippen LogP contribution is 2.12. The highest BCUT2D eigenvalue weighted by Gasteiger charge is 2.10. The number of hydrogen-bond donors (Lipinski definition) is 2. The van der Waals surface area contributed by atoms with Crippen LogP contribution >= 0.6 is 0 Å². The number of amides is 1. The van der Waals surface area contributed by atoms with Crippen LogP contribution in [0.3, 0.4) is 0 Å². The molecular formula is C17H36N2O3. The van der Waals surface area contributed by atoms with Crippen LogP contribution in [-0.4, -0.2) is 35.5 Å². The number of carboxylic acids is 1. The average molecular weight is 316 g/mol. The molecular weight excluding hydrogens is 280 g/mol. The maximum atomic E-state index is 11.6. The van der Waals surface area contributed by atoms with Crippen molar-refractivity contribution in [3.8, 4) is 0 Å². The van der Waals surface area contributed by atoms with Gasteiger partial charge in [0.05, 0.1) is 0 Å². The number of rotatable bonds is 14. The van der Waals surface area contributed by atoms with Gasteiger partial charge in [0.1, 0.15) is 6.54 Å². The standard InChI is InChI=1S/C17H33NO3.H3N/c1-3-4-5-6-7-8-9-10-11-12-13-14-16(19)18(2)15-17(20)21;/h3-15H2,1-2H3,(H,20,21);1H3. The van der Waals surface area contributed by atoms with Crippen LogP contribution < -0.4 is 6.15 Å². The zero-order valence-corrected chi connectivity index (χ0v) is 14.6. The number of aliphatic carboxylic acids is 1. The van der Waals surface area contributed by atoms with Crippen molar-refractivity contribution in [3.63, 3.8) is 0 Å². The fourth-order valence-electron chi connectivity index (χ4n) is 2.42. The molecule has 4 N–H and O–H groups in total. The van der Waals surface area contributed by atoms with Crippen molar-refractivity contribution in [2.75, 3.05) is 13.6 Å². The first-order valence-corrected chi connectivity index (χ1v) is 8.53. The highest BCUT2D eigenvalue weighted by molar-refractivity contribution is 5.80. The molecule has 5 heteroatoms. The molecule has 0 aliphatic heterocycles. The Morgan fingerprint density at radius 3 is 1.64 bits per heavy atom. The Kier molecular flexibility index (Phi) is 17.1. The van der Waals surface area contributed by atoms with E-state index >= 15 is 0 Å². The minimum absolute atomic E-state index is 0. The van der Waals surface area contributed by atoms with Gasteiger partial charge in [-0.1, -0.05) is 71.1 Å². The predicted molar refractivity (Wildman–Crippen MR) is 91.4 cm³/mol. The Labute approximate surface area is 136 Å². The Balaban J connectivity index is 0. The van der Waals surface area contributed by atoms with E-state index in [9.17, 15) is 9.59 Å². The van der Waals surface area contributed by atoms with Crippen molar-refractivity contribution in [2.24, 2.45) is 0 Å². The lowest BCUT2D eigenvalue weighted by molar-refractivity contribution is -0.143. The zero-order chi connectivity index (χ0) is 15.9. The molecule has 0 aromatic carbocycles. The molecule has 132 valence electrons. The van der Waals surface area contributed by atoms with E-state index in [2.05, 4.69) is 6.92 Å². The molecule has 0 aromatic rings. The molecule has 0 bridgehead atoms. The molecule has 0 saturated heterocycles. The van der Waals surface area contributed by atoms with E-state index in [1.54, 1.807) is 7.05 Å². The number of nitrogens with zero attached hydrogens (tertiary/aromatic N) is 1. The maximum absolute atomic E-state index is 11.6. The van der Waals surface area contributed by atoms with Crippen LogP contribution in [-0.2, 0) is 9.59 Å². The highest BCUT2D eigenvalue weighted by atomic mass is 16.4. The molecule has 0 rings (SSSR count). The molecule has 5 nitrogen and oxygen atoms in total. The van der Waals surface area contributed by atoms with Crippen molar-refractivity contribution >= 4 is 11.9 Å². The topological polar surface area (TPSA) is 92.6 Å². The number of likely N-dealkylation sites (N-methyl/N-ethyl adjacent to an activating group) is 1. The normalized spacial score (nSPS) is 10.1. The number of carbonyl (C=O) groups excluding carboxylic acids is 1. The molecule has 0 atom stereocenters. The van der Waals surface area contributed by atoms with Gasteiger partial charge >= 0.3 is 5.97 Å². The largest absolute Gasteiger partial charge is 0.480 e. The third kappa shape index (κ3) is 15.3. The molecule has 0 fully saturated rings. The van der Waals surface area contributed by atoms with Crippen LogP contribution in [0.1, 0.15) is 84.0 Å². The third-order valence-corrected chi connectivity index (χ3v) is 3.79. The lowest BCUT2D eigenvalue weighted by Crippen LogP contribution is -2.31. The van der Waals surface area contributed by atoms with Gasteiger partial charge in [0, 0.05) is 13.5 Å². The third-order valence-electron chi connectivity index (χ3n) is 3.79. The SMILES string of the molecule is CCCCCCCCCCCCCC(=O)N(C)CC(=O)O.N. The molecule has 0 radical (unpaired) electrons. The van der Waals surface area contributed by atoms with Crippen LogP contribution in [0, 0.1) is 0 Å². The number of hydrogen-bond acceptors (Lipinski definition) is 3. The fraction of sp³-hybridized carbons (Fsp3) is 0.882. The molecule has 0 heterocycles. The van der Waals surface area contributed by atoms with E-state index in [1.807, 2.05) is 0 Å². The quantitative estimate of drug-likeness (QED) is 0.465. The van der Waals surface area contributed by atoms with Gasteiger partial charge in [-0.05, 0) is 6.42 Å². The Morgan fingerprint density at radius 2 is 1.23 bits per heavy atom.